The SMILES string of the molecule is CC(C)(c1cccc(-c2ccc(F)cc2F)n1)c1cc(F)cc(-c2ccc(F)cc2F)n1. The highest BCUT2D eigenvalue weighted by Crippen LogP contribution is 2.33. The molecule has 0 N–H and O–H groups in total. The van der Waals surface area contributed by atoms with Crippen LogP contribution in [0.15, 0.2) is 66.7 Å². The first kappa shape index (κ1) is 21.6. The molecule has 0 aliphatic heterocycles. The number of rotatable bonds is 4. The lowest BCUT2D eigenvalue weighted by molar-refractivity contribution is 0.569. The molecule has 4 rings (SSSR count). The van der Waals surface area contributed by atoms with Crippen molar-refractivity contribution in [3.8, 4) is 22.5 Å². The van der Waals surface area contributed by atoms with Crippen LogP contribution in [0, 0.1) is 29.1 Å². The summed E-state index contributed by atoms with van der Waals surface area (Å²) < 4.78 is 69.5. The van der Waals surface area contributed by atoms with E-state index in [1.54, 1.807) is 32.0 Å². The van der Waals surface area contributed by atoms with E-state index in [-0.39, 0.29) is 28.2 Å². The van der Waals surface area contributed by atoms with Crippen molar-refractivity contribution in [1.29, 1.82) is 0 Å². The van der Waals surface area contributed by atoms with Gasteiger partial charge in [-0.3, -0.25) is 9.97 Å². The van der Waals surface area contributed by atoms with E-state index in [0.29, 0.717) is 11.8 Å². The van der Waals surface area contributed by atoms with Gasteiger partial charge in [-0.25, -0.2) is 22.0 Å². The standard InChI is InChI=1S/C25H17F5N2/c1-25(2,23-5-3-4-21(31-23)17-8-6-14(26)10-19(17)29)24-13-16(28)12-22(32-24)18-9-7-15(27)11-20(18)30/h3-13H,1-2H3. The number of hydrogen-bond acceptors (Lipinski definition) is 2. The Kier molecular flexibility index (Phi) is 5.50. The van der Waals surface area contributed by atoms with E-state index in [0.717, 1.165) is 24.3 Å². The fourth-order valence-electron chi connectivity index (χ4n) is 3.41. The summed E-state index contributed by atoms with van der Waals surface area (Å²) in [5, 5.41) is 0. The first-order valence-corrected chi connectivity index (χ1v) is 9.71. The van der Waals surface area contributed by atoms with Crippen molar-refractivity contribution in [1.82, 2.24) is 9.97 Å². The van der Waals surface area contributed by atoms with Crippen molar-refractivity contribution in [2.24, 2.45) is 0 Å². The number of hydrogen-bond donors (Lipinski definition) is 0. The molecule has 32 heavy (non-hydrogen) atoms. The molecule has 162 valence electrons. The monoisotopic (exact) mass is 440 g/mol. The molecule has 0 saturated carbocycles. The second kappa shape index (κ2) is 8.15. The van der Waals surface area contributed by atoms with Gasteiger partial charge in [0.15, 0.2) is 0 Å². The van der Waals surface area contributed by atoms with E-state index in [1.807, 2.05) is 0 Å². The van der Waals surface area contributed by atoms with Crippen molar-refractivity contribution in [3.05, 3.63) is 107 Å². The van der Waals surface area contributed by atoms with Crippen molar-refractivity contribution in [2.45, 2.75) is 19.3 Å². The smallest absolute Gasteiger partial charge is 0.135 e. The van der Waals surface area contributed by atoms with Crippen molar-refractivity contribution in [3.63, 3.8) is 0 Å². The first-order valence-electron chi connectivity index (χ1n) is 9.71. The average molecular weight is 440 g/mol. The molecular weight excluding hydrogens is 423 g/mol. The highest BCUT2D eigenvalue weighted by Gasteiger charge is 2.28. The highest BCUT2D eigenvalue weighted by molar-refractivity contribution is 5.62. The van der Waals surface area contributed by atoms with Crippen LogP contribution in [0.2, 0.25) is 0 Å². The molecule has 2 aromatic carbocycles. The van der Waals surface area contributed by atoms with Crippen LogP contribution in [0.4, 0.5) is 22.0 Å². The maximum absolute atomic E-state index is 14.5. The highest BCUT2D eigenvalue weighted by atomic mass is 19.1. The van der Waals surface area contributed by atoms with E-state index in [2.05, 4.69) is 9.97 Å². The molecule has 0 saturated heterocycles. The van der Waals surface area contributed by atoms with Gasteiger partial charge in [-0.05, 0) is 56.3 Å². The molecule has 0 bridgehead atoms. The lowest BCUT2D eigenvalue weighted by Crippen LogP contribution is -2.23. The third-order valence-corrected chi connectivity index (χ3v) is 5.23. The van der Waals surface area contributed by atoms with Crippen molar-refractivity contribution in [2.75, 3.05) is 0 Å². The Labute approximate surface area is 181 Å². The van der Waals surface area contributed by atoms with E-state index in [9.17, 15) is 22.0 Å². The Bertz CT molecular complexity index is 1320. The molecule has 0 amide bonds. The van der Waals surface area contributed by atoms with Crippen LogP contribution in [0.3, 0.4) is 0 Å². The lowest BCUT2D eigenvalue weighted by atomic mass is 9.84. The van der Waals surface area contributed by atoms with Crippen LogP contribution in [-0.2, 0) is 5.41 Å². The molecule has 0 unspecified atom stereocenters. The van der Waals surface area contributed by atoms with Crippen LogP contribution < -0.4 is 0 Å². The molecule has 4 aromatic rings. The molecule has 2 aromatic heterocycles. The van der Waals surface area contributed by atoms with Crippen molar-refractivity contribution >= 4 is 0 Å². The molecule has 0 atom stereocenters. The van der Waals surface area contributed by atoms with E-state index in [1.165, 1.54) is 18.2 Å². The minimum atomic E-state index is -0.958. The van der Waals surface area contributed by atoms with Crippen molar-refractivity contribution < 1.29 is 22.0 Å². The summed E-state index contributed by atoms with van der Waals surface area (Å²) in [6, 6.07) is 13.3. The summed E-state index contributed by atoms with van der Waals surface area (Å²) in [6.45, 7) is 3.49. The number of pyridine rings is 2. The predicted octanol–water partition coefficient (Wildman–Crippen LogP) is 6.83. The van der Waals surface area contributed by atoms with Crippen LogP contribution in [0.5, 0.6) is 0 Å². The van der Waals surface area contributed by atoms with Gasteiger partial charge >= 0.3 is 0 Å². The Morgan fingerprint density at radius 3 is 1.72 bits per heavy atom. The Hall–Kier alpha value is -3.61. The summed E-state index contributed by atoms with van der Waals surface area (Å²) >= 11 is 0. The van der Waals surface area contributed by atoms with E-state index >= 15 is 0 Å². The van der Waals surface area contributed by atoms with Crippen LogP contribution in [0.1, 0.15) is 25.2 Å². The quantitative estimate of drug-likeness (QED) is 0.325. The minimum Gasteiger partial charge on any atom is -0.252 e. The topological polar surface area (TPSA) is 25.8 Å². The fraction of sp³-hybridized carbons (Fsp3) is 0.120. The largest absolute Gasteiger partial charge is 0.252 e. The zero-order valence-corrected chi connectivity index (χ0v) is 17.1. The fourth-order valence-corrected chi connectivity index (χ4v) is 3.41. The minimum absolute atomic E-state index is 0.00584. The molecular formula is C25H17F5N2. The summed E-state index contributed by atoms with van der Waals surface area (Å²) in [6.07, 6.45) is 0. The zero-order valence-electron chi connectivity index (χ0n) is 17.1. The van der Waals surface area contributed by atoms with Gasteiger partial charge in [-0.15, -0.1) is 0 Å². The number of benzene rings is 2. The maximum atomic E-state index is 14.5. The number of nitrogens with zero attached hydrogens (tertiary/aromatic N) is 2. The van der Waals surface area contributed by atoms with Crippen LogP contribution >= 0.6 is 0 Å². The molecule has 0 fully saturated rings. The number of halogens is 5. The predicted molar refractivity (Wildman–Crippen MR) is 111 cm³/mol. The van der Waals surface area contributed by atoms with Gasteiger partial charge in [0.25, 0.3) is 0 Å². The van der Waals surface area contributed by atoms with Gasteiger partial charge < -0.3 is 0 Å². The van der Waals surface area contributed by atoms with Crippen LogP contribution in [0.25, 0.3) is 22.5 Å². The second-order valence-corrected chi connectivity index (χ2v) is 7.84. The lowest BCUT2D eigenvalue weighted by Gasteiger charge is -2.25. The Morgan fingerprint density at radius 2 is 1.12 bits per heavy atom. The molecule has 0 spiro atoms. The Balaban J connectivity index is 1.79. The molecule has 0 aliphatic carbocycles. The molecule has 0 aliphatic rings. The summed E-state index contributed by atoms with van der Waals surface area (Å²) in [4.78, 5) is 8.90. The molecule has 2 nitrogen and oxygen atoms in total. The van der Waals surface area contributed by atoms with Gasteiger partial charge in [0.2, 0.25) is 0 Å². The van der Waals surface area contributed by atoms with Crippen LogP contribution in [-0.4, -0.2) is 9.97 Å². The molecule has 7 heteroatoms. The first-order chi connectivity index (χ1) is 15.1. The summed E-state index contributed by atoms with van der Waals surface area (Å²) in [7, 11) is 0. The van der Waals surface area contributed by atoms with Gasteiger partial charge in [0.05, 0.1) is 22.8 Å². The van der Waals surface area contributed by atoms with E-state index < -0.39 is 34.5 Å². The zero-order chi connectivity index (χ0) is 23.0. The van der Waals surface area contributed by atoms with Gasteiger partial charge in [0.1, 0.15) is 29.1 Å². The van der Waals surface area contributed by atoms with E-state index in [4.69, 9.17) is 0 Å². The van der Waals surface area contributed by atoms with Gasteiger partial charge in [-0.1, -0.05) is 6.07 Å². The Morgan fingerprint density at radius 1 is 0.562 bits per heavy atom. The number of aromatic nitrogens is 2. The normalized spacial score (nSPS) is 11.6. The average Bonchev–Trinajstić information content (AvgIpc) is 2.73. The summed E-state index contributed by atoms with van der Waals surface area (Å²) in [5.41, 5.74) is 0.0895. The third-order valence-electron chi connectivity index (χ3n) is 5.23. The second-order valence-electron chi connectivity index (χ2n) is 7.84. The molecule has 2 heterocycles. The van der Waals surface area contributed by atoms with Gasteiger partial charge in [-0.2, -0.15) is 0 Å². The third kappa shape index (κ3) is 4.10. The maximum Gasteiger partial charge on any atom is 0.135 e. The summed E-state index contributed by atoms with van der Waals surface area (Å²) in [5.74, 6) is -3.73. The van der Waals surface area contributed by atoms with Gasteiger partial charge in [0, 0.05) is 34.7 Å². The molecule has 0 radical (unpaired) electrons.